The molecule has 0 fully saturated rings. The van der Waals surface area contributed by atoms with Crippen LogP contribution in [0, 0.1) is 3.14 Å². The Bertz CT molecular complexity index is 339. The standard InChI is InChI=1S/C9H14O3S3/c1-3-11-8(12-4-2)7-6(5-10)14-9(13)15-7/h8,10H,3-5H2,1-2H3. The van der Waals surface area contributed by atoms with Gasteiger partial charge < -0.3 is 14.6 Å². The minimum Gasteiger partial charge on any atom is -0.391 e. The van der Waals surface area contributed by atoms with Gasteiger partial charge >= 0.3 is 0 Å². The van der Waals surface area contributed by atoms with E-state index in [4.69, 9.17) is 21.7 Å². The van der Waals surface area contributed by atoms with Crippen LogP contribution in [-0.4, -0.2) is 18.3 Å². The predicted octanol–water partition coefficient (Wildman–Crippen LogP) is 3.10. The molecule has 1 rings (SSSR count). The van der Waals surface area contributed by atoms with Crippen LogP contribution in [0.3, 0.4) is 0 Å². The molecule has 1 aromatic rings. The van der Waals surface area contributed by atoms with Gasteiger partial charge in [-0.25, -0.2) is 0 Å². The van der Waals surface area contributed by atoms with Gasteiger partial charge in [0.1, 0.15) is 3.14 Å². The highest BCUT2D eigenvalue weighted by Crippen LogP contribution is 2.33. The van der Waals surface area contributed by atoms with Gasteiger partial charge in [0.15, 0.2) is 6.29 Å². The first-order valence-electron chi connectivity index (χ1n) is 4.69. The summed E-state index contributed by atoms with van der Waals surface area (Å²) < 4.78 is 11.7. The van der Waals surface area contributed by atoms with Gasteiger partial charge in [-0.2, -0.15) is 0 Å². The highest BCUT2D eigenvalue weighted by molar-refractivity contribution is 7.76. The molecule has 6 heteroatoms. The van der Waals surface area contributed by atoms with Gasteiger partial charge in [-0.1, -0.05) is 12.2 Å². The van der Waals surface area contributed by atoms with Crippen LogP contribution in [0.1, 0.15) is 29.9 Å². The van der Waals surface area contributed by atoms with Crippen LogP contribution >= 0.6 is 34.9 Å². The Morgan fingerprint density at radius 1 is 1.27 bits per heavy atom. The molecule has 15 heavy (non-hydrogen) atoms. The molecule has 0 aliphatic rings. The number of rotatable bonds is 6. The summed E-state index contributed by atoms with van der Waals surface area (Å²) in [6, 6.07) is 0. The maximum absolute atomic E-state index is 9.18. The van der Waals surface area contributed by atoms with E-state index in [9.17, 15) is 5.11 Å². The molecule has 3 nitrogen and oxygen atoms in total. The Balaban J connectivity index is 2.92. The minimum absolute atomic E-state index is 0.0101. The van der Waals surface area contributed by atoms with Crippen molar-refractivity contribution in [3.63, 3.8) is 0 Å². The molecule has 0 radical (unpaired) electrons. The zero-order valence-corrected chi connectivity index (χ0v) is 11.1. The zero-order chi connectivity index (χ0) is 11.3. The summed E-state index contributed by atoms with van der Waals surface area (Å²) in [4.78, 5) is 1.74. The van der Waals surface area contributed by atoms with Crippen molar-refractivity contribution in [2.24, 2.45) is 0 Å². The molecule has 0 saturated heterocycles. The minimum atomic E-state index is -0.389. The van der Waals surface area contributed by atoms with Gasteiger partial charge in [-0.15, -0.1) is 22.7 Å². The number of ether oxygens (including phenoxy) is 2. The van der Waals surface area contributed by atoms with E-state index >= 15 is 0 Å². The van der Waals surface area contributed by atoms with E-state index in [1.54, 1.807) is 0 Å². The van der Waals surface area contributed by atoms with E-state index in [0.717, 1.165) is 12.9 Å². The van der Waals surface area contributed by atoms with Crippen molar-refractivity contribution in [3.8, 4) is 0 Å². The van der Waals surface area contributed by atoms with Gasteiger partial charge in [0.2, 0.25) is 0 Å². The smallest absolute Gasteiger partial charge is 0.194 e. The van der Waals surface area contributed by atoms with Crippen LogP contribution in [0.25, 0.3) is 0 Å². The van der Waals surface area contributed by atoms with E-state index in [1.807, 2.05) is 13.8 Å². The monoisotopic (exact) mass is 266 g/mol. The number of aliphatic hydroxyl groups excluding tert-OH is 1. The van der Waals surface area contributed by atoms with Gasteiger partial charge in [-0.05, 0) is 13.8 Å². The quantitative estimate of drug-likeness (QED) is 0.634. The summed E-state index contributed by atoms with van der Waals surface area (Å²) in [6.07, 6.45) is -0.389. The van der Waals surface area contributed by atoms with Crippen LogP contribution < -0.4 is 0 Å². The Hall–Kier alpha value is 0.150. The lowest BCUT2D eigenvalue weighted by molar-refractivity contribution is -0.138. The molecular formula is C9H14O3S3. The molecule has 1 N–H and O–H groups in total. The first kappa shape index (κ1) is 13.2. The van der Waals surface area contributed by atoms with Crippen molar-refractivity contribution in [1.29, 1.82) is 0 Å². The predicted molar refractivity (Wildman–Crippen MR) is 64.9 cm³/mol. The van der Waals surface area contributed by atoms with Gasteiger partial charge in [0, 0.05) is 13.2 Å². The molecule has 0 unspecified atom stereocenters. The fraction of sp³-hybridized carbons (Fsp3) is 0.667. The largest absolute Gasteiger partial charge is 0.391 e. The maximum Gasteiger partial charge on any atom is 0.194 e. The zero-order valence-electron chi connectivity index (χ0n) is 8.69. The topological polar surface area (TPSA) is 38.7 Å². The number of aliphatic hydroxyl groups is 1. The molecule has 0 aliphatic heterocycles. The maximum atomic E-state index is 9.18. The number of hydrogen-bond donors (Lipinski definition) is 1. The highest BCUT2D eigenvalue weighted by atomic mass is 32.2. The van der Waals surface area contributed by atoms with E-state index in [0.29, 0.717) is 13.2 Å². The van der Waals surface area contributed by atoms with Crippen molar-refractivity contribution >= 4 is 34.9 Å². The third kappa shape index (κ3) is 3.58. The second kappa shape index (κ2) is 6.67. The average molecular weight is 266 g/mol. The van der Waals surface area contributed by atoms with Crippen molar-refractivity contribution in [3.05, 3.63) is 12.9 Å². The van der Waals surface area contributed by atoms with Crippen LogP contribution in [0.2, 0.25) is 0 Å². The first-order valence-corrected chi connectivity index (χ1v) is 6.73. The summed E-state index contributed by atoms with van der Waals surface area (Å²) in [5.41, 5.74) is 0. The first-order chi connectivity index (χ1) is 7.22. The van der Waals surface area contributed by atoms with E-state index in [-0.39, 0.29) is 12.9 Å². The van der Waals surface area contributed by atoms with Gasteiger partial charge in [0.05, 0.1) is 16.4 Å². The third-order valence-corrected chi connectivity index (χ3v) is 4.39. The Morgan fingerprint density at radius 3 is 2.33 bits per heavy atom. The number of hydrogen-bond acceptors (Lipinski definition) is 6. The molecule has 0 spiro atoms. The second-order valence-electron chi connectivity index (χ2n) is 2.64. The molecule has 1 aromatic heterocycles. The summed E-state index contributed by atoms with van der Waals surface area (Å²) in [5.74, 6) is 0. The van der Waals surface area contributed by atoms with Gasteiger partial charge in [0.25, 0.3) is 0 Å². The molecule has 0 aromatic carbocycles. The molecule has 0 saturated carbocycles. The third-order valence-electron chi connectivity index (χ3n) is 1.67. The van der Waals surface area contributed by atoms with E-state index < -0.39 is 0 Å². The summed E-state index contributed by atoms with van der Waals surface area (Å²) >= 11 is 7.96. The van der Waals surface area contributed by atoms with Crippen LogP contribution in [0.5, 0.6) is 0 Å². The Labute approximate surface area is 102 Å². The summed E-state index contributed by atoms with van der Waals surface area (Å²) in [7, 11) is 0. The van der Waals surface area contributed by atoms with E-state index in [2.05, 4.69) is 0 Å². The van der Waals surface area contributed by atoms with Crippen molar-refractivity contribution in [2.45, 2.75) is 26.7 Å². The lowest BCUT2D eigenvalue weighted by atomic mass is 10.4. The molecule has 0 atom stereocenters. The fourth-order valence-electron chi connectivity index (χ4n) is 1.11. The molecule has 1 heterocycles. The SMILES string of the molecule is CCOC(OCC)c1sc(=S)sc1CO. The lowest BCUT2D eigenvalue weighted by Crippen LogP contribution is -2.08. The highest BCUT2D eigenvalue weighted by Gasteiger charge is 2.18. The molecular weight excluding hydrogens is 252 g/mol. The Morgan fingerprint density at radius 2 is 1.87 bits per heavy atom. The van der Waals surface area contributed by atoms with Gasteiger partial charge in [-0.3, -0.25) is 0 Å². The molecule has 0 bridgehead atoms. The summed E-state index contributed by atoms with van der Waals surface area (Å²) in [6.45, 7) is 4.96. The normalized spacial score (nSPS) is 11.2. The van der Waals surface area contributed by atoms with Crippen LogP contribution in [-0.2, 0) is 16.1 Å². The summed E-state index contributed by atoms with van der Waals surface area (Å²) in [5, 5.41) is 9.18. The van der Waals surface area contributed by atoms with Crippen LogP contribution in [0.15, 0.2) is 0 Å². The molecule has 0 amide bonds. The Kier molecular flexibility index (Phi) is 5.88. The fourth-order valence-corrected chi connectivity index (χ4v) is 3.72. The van der Waals surface area contributed by atoms with Crippen molar-refractivity contribution in [2.75, 3.05) is 13.2 Å². The van der Waals surface area contributed by atoms with Crippen molar-refractivity contribution in [1.82, 2.24) is 0 Å². The molecule has 0 aliphatic carbocycles. The second-order valence-corrected chi connectivity index (χ2v) is 5.98. The van der Waals surface area contributed by atoms with Crippen molar-refractivity contribution < 1.29 is 14.6 Å². The van der Waals surface area contributed by atoms with E-state index in [1.165, 1.54) is 22.7 Å². The molecule has 86 valence electrons. The lowest BCUT2D eigenvalue weighted by Gasteiger charge is -2.16. The average Bonchev–Trinajstić information content (AvgIpc) is 2.59. The van der Waals surface area contributed by atoms with Crippen LogP contribution in [0.4, 0.5) is 0 Å².